The second-order valence-electron chi connectivity index (χ2n) is 5.04. The molecule has 0 aliphatic rings. The zero-order valence-electron chi connectivity index (χ0n) is 13.0. The molecule has 0 saturated carbocycles. The van der Waals surface area contributed by atoms with Gasteiger partial charge in [0.2, 0.25) is 0 Å². The summed E-state index contributed by atoms with van der Waals surface area (Å²) in [6, 6.07) is 7.86. The van der Waals surface area contributed by atoms with Crippen LogP contribution in [0.2, 0.25) is 0 Å². The Labute approximate surface area is 122 Å². The van der Waals surface area contributed by atoms with Crippen molar-refractivity contribution >= 4 is 5.97 Å². The number of rotatable bonds is 7. The fourth-order valence-electron chi connectivity index (χ4n) is 2.62. The van der Waals surface area contributed by atoms with Crippen molar-refractivity contribution in [2.75, 3.05) is 6.61 Å². The molecule has 2 unspecified atom stereocenters. The number of hydrogen-bond donors (Lipinski definition) is 1. The average Bonchev–Trinajstić information content (AvgIpc) is 2.48. The van der Waals surface area contributed by atoms with E-state index in [2.05, 4.69) is 6.92 Å². The molecule has 1 aromatic rings. The number of carbonyl (C=O) groups is 1. The third kappa shape index (κ3) is 3.40. The van der Waals surface area contributed by atoms with Crippen molar-refractivity contribution in [2.24, 2.45) is 5.92 Å². The smallest absolute Gasteiger partial charge is 0.312 e. The van der Waals surface area contributed by atoms with Crippen molar-refractivity contribution in [1.29, 1.82) is 0 Å². The molecule has 3 nitrogen and oxygen atoms in total. The zero-order chi connectivity index (χ0) is 15.2. The molecule has 0 aromatic heterocycles. The number of carbonyl (C=O) groups excluding carboxylic acids is 1. The second kappa shape index (κ2) is 7.44. The lowest BCUT2D eigenvalue weighted by molar-refractivity contribution is -0.160. The molecule has 0 aliphatic carbocycles. The maximum atomic E-state index is 12.1. The highest BCUT2D eigenvalue weighted by Crippen LogP contribution is 2.36. The molecule has 1 aromatic carbocycles. The number of benzene rings is 1. The number of ether oxygens (including phenoxy) is 1. The van der Waals surface area contributed by atoms with Gasteiger partial charge in [0.05, 0.1) is 12.5 Å². The predicted octanol–water partition coefficient (Wildman–Crippen LogP) is 3.44. The number of aliphatic hydroxyl groups is 1. The molecule has 0 fully saturated rings. The lowest BCUT2D eigenvalue weighted by Gasteiger charge is -2.34. The van der Waals surface area contributed by atoms with Crippen LogP contribution in [0.1, 0.15) is 51.7 Å². The summed E-state index contributed by atoms with van der Waals surface area (Å²) in [6.45, 7) is 8.02. The van der Waals surface area contributed by atoms with Crippen LogP contribution >= 0.6 is 0 Å². The van der Waals surface area contributed by atoms with Crippen molar-refractivity contribution in [1.82, 2.24) is 0 Å². The Bertz CT molecular complexity index is 424. The van der Waals surface area contributed by atoms with Gasteiger partial charge in [0.15, 0.2) is 0 Å². The van der Waals surface area contributed by atoms with Gasteiger partial charge < -0.3 is 9.84 Å². The molecule has 0 aliphatic heterocycles. The average molecular weight is 278 g/mol. The lowest BCUT2D eigenvalue weighted by atomic mass is 9.77. The maximum absolute atomic E-state index is 12.1. The van der Waals surface area contributed by atoms with Gasteiger partial charge in [0.1, 0.15) is 5.60 Å². The lowest BCUT2D eigenvalue weighted by Crippen LogP contribution is -2.40. The van der Waals surface area contributed by atoms with Crippen molar-refractivity contribution in [3.05, 3.63) is 35.4 Å². The Balaban J connectivity index is 3.12. The first kappa shape index (κ1) is 16.7. The Kier molecular flexibility index (Phi) is 6.21. The quantitative estimate of drug-likeness (QED) is 0.777. The molecule has 0 amide bonds. The first-order chi connectivity index (χ1) is 9.53. The molecule has 112 valence electrons. The minimum atomic E-state index is -1.16. The van der Waals surface area contributed by atoms with Gasteiger partial charge in [0.25, 0.3) is 0 Å². The van der Waals surface area contributed by atoms with E-state index in [4.69, 9.17) is 4.74 Å². The molecule has 0 heterocycles. The van der Waals surface area contributed by atoms with Gasteiger partial charge in [-0.1, -0.05) is 45.0 Å². The van der Waals surface area contributed by atoms with Gasteiger partial charge in [-0.25, -0.2) is 0 Å². The van der Waals surface area contributed by atoms with Crippen LogP contribution in [-0.2, 0) is 21.6 Å². The second-order valence-corrected chi connectivity index (χ2v) is 5.04. The SMILES string of the molecule is CCOC(=O)C(CC)C(O)(CC)c1ccc(CC)cc1. The molecule has 20 heavy (non-hydrogen) atoms. The van der Waals surface area contributed by atoms with E-state index in [1.807, 2.05) is 38.1 Å². The first-order valence-corrected chi connectivity index (χ1v) is 7.51. The minimum Gasteiger partial charge on any atom is -0.466 e. The van der Waals surface area contributed by atoms with E-state index < -0.39 is 11.5 Å². The van der Waals surface area contributed by atoms with E-state index in [1.165, 1.54) is 5.56 Å². The Hall–Kier alpha value is -1.35. The molecule has 0 saturated heterocycles. The summed E-state index contributed by atoms with van der Waals surface area (Å²) >= 11 is 0. The third-order valence-corrected chi connectivity index (χ3v) is 3.96. The molecule has 0 radical (unpaired) electrons. The van der Waals surface area contributed by atoms with E-state index in [-0.39, 0.29) is 5.97 Å². The number of esters is 1. The predicted molar refractivity (Wildman–Crippen MR) is 80.4 cm³/mol. The monoisotopic (exact) mass is 278 g/mol. The van der Waals surface area contributed by atoms with Crippen LogP contribution in [0.25, 0.3) is 0 Å². The summed E-state index contributed by atoms with van der Waals surface area (Å²) in [5.74, 6) is -0.848. The topological polar surface area (TPSA) is 46.5 Å². The highest BCUT2D eigenvalue weighted by Gasteiger charge is 2.41. The normalized spacial score (nSPS) is 15.4. The van der Waals surface area contributed by atoms with Crippen LogP contribution < -0.4 is 0 Å². The summed E-state index contributed by atoms with van der Waals surface area (Å²) in [5, 5.41) is 11.0. The zero-order valence-corrected chi connectivity index (χ0v) is 13.0. The molecule has 1 rings (SSSR count). The van der Waals surface area contributed by atoms with E-state index in [0.717, 1.165) is 12.0 Å². The Morgan fingerprint density at radius 3 is 2.20 bits per heavy atom. The van der Waals surface area contributed by atoms with Crippen LogP contribution in [0.15, 0.2) is 24.3 Å². The standard InChI is InChI=1S/C17H26O3/c1-5-13-9-11-14(12-10-13)17(19,7-3)15(6-2)16(18)20-8-4/h9-12,15,19H,5-8H2,1-4H3. The van der Waals surface area contributed by atoms with Crippen molar-refractivity contribution in [3.8, 4) is 0 Å². The summed E-state index contributed by atoms with van der Waals surface area (Å²) in [6.07, 6.45) is 1.99. The summed E-state index contributed by atoms with van der Waals surface area (Å²) < 4.78 is 5.11. The molecule has 1 N–H and O–H groups in total. The summed E-state index contributed by atoms with van der Waals surface area (Å²) in [7, 11) is 0. The van der Waals surface area contributed by atoms with Crippen LogP contribution in [0, 0.1) is 5.92 Å². The van der Waals surface area contributed by atoms with Gasteiger partial charge >= 0.3 is 5.97 Å². The highest BCUT2D eigenvalue weighted by atomic mass is 16.5. The van der Waals surface area contributed by atoms with E-state index in [0.29, 0.717) is 19.4 Å². The fraction of sp³-hybridized carbons (Fsp3) is 0.588. The van der Waals surface area contributed by atoms with Crippen LogP contribution in [0.4, 0.5) is 0 Å². The Morgan fingerprint density at radius 2 is 1.80 bits per heavy atom. The molecule has 0 spiro atoms. The molecular weight excluding hydrogens is 252 g/mol. The van der Waals surface area contributed by atoms with Crippen molar-refractivity contribution < 1.29 is 14.6 Å². The molecule has 2 atom stereocenters. The number of aryl methyl sites for hydroxylation is 1. The largest absolute Gasteiger partial charge is 0.466 e. The van der Waals surface area contributed by atoms with Crippen molar-refractivity contribution in [3.63, 3.8) is 0 Å². The summed E-state index contributed by atoms with van der Waals surface area (Å²) in [4.78, 5) is 12.1. The van der Waals surface area contributed by atoms with Gasteiger partial charge in [-0.05, 0) is 37.3 Å². The number of hydrogen-bond acceptors (Lipinski definition) is 3. The highest BCUT2D eigenvalue weighted by molar-refractivity contribution is 5.74. The van der Waals surface area contributed by atoms with Crippen LogP contribution in [0.3, 0.4) is 0 Å². The van der Waals surface area contributed by atoms with Crippen LogP contribution in [-0.4, -0.2) is 17.7 Å². The van der Waals surface area contributed by atoms with E-state index >= 15 is 0 Å². The molecule has 3 heteroatoms. The maximum Gasteiger partial charge on any atom is 0.312 e. The van der Waals surface area contributed by atoms with Crippen molar-refractivity contribution in [2.45, 2.75) is 52.6 Å². The minimum absolute atomic E-state index is 0.320. The van der Waals surface area contributed by atoms with Gasteiger partial charge in [0, 0.05) is 0 Å². The van der Waals surface area contributed by atoms with Crippen LogP contribution in [0.5, 0.6) is 0 Å². The molecular formula is C17H26O3. The first-order valence-electron chi connectivity index (χ1n) is 7.51. The Morgan fingerprint density at radius 1 is 1.20 bits per heavy atom. The van der Waals surface area contributed by atoms with E-state index in [9.17, 15) is 9.90 Å². The molecule has 0 bridgehead atoms. The van der Waals surface area contributed by atoms with Gasteiger partial charge in [-0.15, -0.1) is 0 Å². The van der Waals surface area contributed by atoms with Gasteiger partial charge in [-0.2, -0.15) is 0 Å². The fourth-order valence-corrected chi connectivity index (χ4v) is 2.62. The van der Waals surface area contributed by atoms with Gasteiger partial charge in [-0.3, -0.25) is 4.79 Å². The van der Waals surface area contributed by atoms with E-state index in [1.54, 1.807) is 6.92 Å². The summed E-state index contributed by atoms with van der Waals surface area (Å²) in [5.41, 5.74) is 0.848. The third-order valence-electron chi connectivity index (χ3n) is 3.96.